The molecule has 1 aromatic carbocycles. The molecule has 8 nitrogen and oxygen atoms in total. The lowest BCUT2D eigenvalue weighted by atomic mass is 10.0. The third-order valence-electron chi connectivity index (χ3n) is 6.98. The molecule has 2 aromatic heterocycles. The van der Waals surface area contributed by atoms with E-state index in [1.807, 2.05) is 11.8 Å². The third kappa shape index (κ3) is 4.15. The van der Waals surface area contributed by atoms with Crippen molar-refractivity contribution in [1.82, 2.24) is 24.6 Å². The van der Waals surface area contributed by atoms with Gasteiger partial charge in [-0.3, -0.25) is 9.69 Å². The van der Waals surface area contributed by atoms with Crippen LogP contribution in [0.5, 0.6) is 5.88 Å². The number of rotatable bonds is 5. The Labute approximate surface area is 199 Å². The van der Waals surface area contributed by atoms with Crippen LogP contribution >= 0.6 is 0 Å². The lowest BCUT2D eigenvalue weighted by Gasteiger charge is -2.37. The first kappa shape index (κ1) is 22.1. The van der Waals surface area contributed by atoms with Crippen molar-refractivity contribution in [2.24, 2.45) is 0 Å². The van der Waals surface area contributed by atoms with Crippen molar-refractivity contribution in [3.05, 3.63) is 59.4 Å². The molecular weight excluding hydrogens is 428 g/mol. The molecule has 1 aliphatic carbocycles. The van der Waals surface area contributed by atoms with Crippen LogP contribution in [0.15, 0.2) is 42.7 Å². The number of nitrogens with zero attached hydrogens (tertiary/aromatic N) is 6. The highest BCUT2D eigenvalue weighted by Gasteiger charge is 2.34. The molecule has 3 heterocycles. The Hall–Kier alpha value is -3.70. The number of aromatic nitrogens is 3. The van der Waals surface area contributed by atoms with Crippen LogP contribution in [0.3, 0.4) is 0 Å². The van der Waals surface area contributed by atoms with Crippen LogP contribution in [-0.4, -0.2) is 67.8 Å². The zero-order valence-electron chi connectivity index (χ0n) is 19.5. The summed E-state index contributed by atoms with van der Waals surface area (Å²) in [5, 5.41) is 24.2. The second-order valence-corrected chi connectivity index (χ2v) is 9.28. The number of hydrogen-bond acceptors (Lipinski definition) is 6. The minimum absolute atomic E-state index is 0.00784. The van der Waals surface area contributed by atoms with E-state index in [1.54, 1.807) is 42.7 Å². The van der Waals surface area contributed by atoms with E-state index in [1.165, 1.54) is 17.5 Å². The highest BCUT2D eigenvalue weighted by Crippen LogP contribution is 2.33. The number of hydrogen-bond donors (Lipinski definition) is 1. The standard InChI is InChI=1S/C26H28N6O2/c1-17-12-18(13-27)5-9-22(17)23-15-29-32(26(23)34)24-10-6-19(14-28-24)25(33)31-11-3-4-21(16-31)30(2)20-7-8-20/h5-6,9-10,12,14-15,20-21,34H,3-4,7-8,11,16H2,1-2H3. The fourth-order valence-electron chi connectivity index (χ4n) is 4.81. The number of aryl methyl sites for hydroxylation is 1. The predicted molar refractivity (Wildman–Crippen MR) is 128 cm³/mol. The van der Waals surface area contributed by atoms with Crippen LogP contribution in [-0.2, 0) is 0 Å². The molecule has 8 heteroatoms. The third-order valence-corrected chi connectivity index (χ3v) is 6.98. The lowest BCUT2D eigenvalue weighted by Crippen LogP contribution is -2.49. The molecule has 1 saturated heterocycles. The fraction of sp³-hybridized carbons (Fsp3) is 0.385. The molecule has 1 amide bonds. The molecule has 1 saturated carbocycles. The van der Waals surface area contributed by atoms with Crippen molar-refractivity contribution in [1.29, 1.82) is 5.26 Å². The molecule has 3 aromatic rings. The summed E-state index contributed by atoms with van der Waals surface area (Å²) in [6.07, 6.45) is 7.80. The Bertz CT molecular complexity index is 1260. The SMILES string of the molecule is Cc1cc(C#N)ccc1-c1cnn(-c2ccc(C(=O)N3CCCC(N(C)C4CC4)C3)cn2)c1O. The summed E-state index contributed by atoms with van der Waals surface area (Å²) in [6, 6.07) is 12.0. The largest absolute Gasteiger partial charge is 0.493 e. The number of aromatic hydroxyl groups is 1. The summed E-state index contributed by atoms with van der Waals surface area (Å²) in [5.41, 5.74) is 3.32. The topological polar surface area (TPSA) is 98.3 Å². The summed E-state index contributed by atoms with van der Waals surface area (Å²) in [6.45, 7) is 3.41. The van der Waals surface area contributed by atoms with Crippen molar-refractivity contribution in [2.45, 2.75) is 44.7 Å². The number of piperidine rings is 1. The second kappa shape index (κ2) is 8.92. The van der Waals surface area contributed by atoms with E-state index < -0.39 is 0 Å². The van der Waals surface area contributed by atoms with Gasteiger partial charge < -0.3 is 10.0 Å². The number of benzene rings is 1. The quantitative estimate of drug-likeness (QED) is 0.631. The highest BCUT2D eigenvalue weighted by atomic mass is 16.3. The predicted octanol–water partition coefficient (Wildman–Crippen LogP) is 3.52. The lowest BCUT2D eigenvalue weighted by molar-refractivity contribution is 0.0600. The number of likely N-dealkylation sites (N-methyl/N-ethyl adjacent to an activating group) is 1. The number of amides is 1. The molecule has 1 N–H and O–H groups in total. The van der Waals surface area contributed by atoms with Crippen LogP contribution in [0, 0.1) is 18.3 Å². The first-order valence-electron chi connectivity index (χ1n) is 11.7. The Morgan fingerprint density at radius 1 is 1.15 bits per heavy atom. The molecule has 174 valence electrons. The van der Waals surface area contributed by atoms with Gasteiger partial charge in [-0.15, -0.1) is 0 Å². The van der Waals surface area contributed by atoms with E-state index in [-0.39, 0.29) is 11.8 Å². The number of nitriles is 1. The molecule has 5 rings (SSSR count). The molecule has 1 aliphatic heterocycles. The maximum Gasteiger partial charge on any atom is 0.255 e. The Balaban J connectivity index is 1.33. The summed E-state index contributed by atoms with van der Waals surface area (Å²) < 4.78 is 1.35. The minimum atomic E-state index is -0.0404. The molecule has 2 aliphatic rings. The molecular formula is C26H28N6O2. The molecule has 0 radical (unpaired) electrons. The Morgan fingerprint density at radius 2 is 1.97 bits per heavy atom. The average Bonchev–Trinajstić information content (AvgIpc) is 3.65. The van der Waals surface area contributed by atoms with Crippen LogP contribution in [0.2, 0.25) is 0 Å². The number of carbonyl (C=O) groups is 1. The van der Waals surface area contributed by atoms with E-state index in [0.717, 1.165) is 37.1 Å². The van der Waals surface area contributed by atoms with Crippen molar-refractivity contribution in [3.8, 4) is 28.9 Å². The van der Waals surface area contributed by atoms with Crippen LogP contribution in [0.4, 0.5) is 0 Å². The Morgan fingerprint density at radius 3 is 2.65 bits per heavy atom. The molecule has 1 atom stereocenters. The van der Waals surface area contributed by atoms with Gasteiger partial charge in [0.2, 0.25) is 5.88 Å². The van der Waals surface area contributed by atoms with Gasteiger partial charge in [0.1, 0.15) is 0 Å². The maximum absolute atomic E-state index is 13.1. The highest BCUT2D eigenvalue weighted by molar-refractivity contribution is 5.94. The van der Waals surface area contributed by atoms with E-state index in [0.29, 0.717) is 34.6 Å². The normalized spacial score (nSPS) is 18.2. The molecule has 0 bridgehead atoms. The van der Waals surface area contributed by atoms with Crippen LogP contribution in [0.1, 0.15) is 47.2 Å². The minimum Gasteiger partial charge on any atom is -0.493 e. The first-order valence-corrected chi connectivity index (χ1v) is 11.7. The summed E-state index contributed by atoms with van der Waals surface area (Å²) in [5.74, 6) is 0.379. The summed E-state index contributed by atoms with van der Waals surface area (Å²) >= 11 is 0. The monoisotopic (exact) mass is 456 g/mol. The first-order chi connectivity index (χ1) is 16.5. The van der Waals surface area contributed by atoms with Crippen molar-refractivity contribution < 1.29 is 9.90 Å². The van der Waals surface area contributed by atoms with Gasteiger partial charge in [-0.05, 0) is 75.0 Å². The van der Waals surface area contributed by atoms with Gasteiger partial charge in [0.15, 0.2) is 5.82 Å². The van der Waals surface area contributed by atoms with Gasteiger partial charge in [0, 0.05) is 31.4 Å². The van der Waals surface area contributed by atoms with E-state index in [9.17, 15) is 9.90 Å². The van der Waals surface area contributed by atoms with Gasteiger partial charge in [-0.1, -0.05) is 6.07 Å². The molecule has 1 unspecified atom stereocenters. The number of pyridine rings is 1. The molecule has 34 heavy (non-hydrogen) atoms. The molecule has 0 spiro atoms. The zero-order valence-corrected chi connectivity index (χ0v) is 19.5. The van der Waals surface area contributed by atoms with Gasteiger partial charge in [-0.25, -0.2) is 4.98 Å². The van der Waals surface area contributed by atoms with Crippen LogP contribution in [0.25, 0.3) is 16.9 Å². The smallest absolute Gasteiger partial charge is 0.255 e. The van der Waals surface area contributed by atoms with Crippen molar-refractivity contribution in [2.75, 3.05) is 20.1 Å². The average molecular weight is 457 g/mol. The zero-order chi connectivity index (χ0) is 23.8. The van der Waals surface area contributed by atoms with Crippen molar-refractivity contribution >= 4 is 5.91 Å². The van der Waals surface area contributed by atoms with E-state index >= 15 is 0 Å². The van der Waals surface area contributed by atoms with Gasteiger partial charge >= 0.3 is 0 Å². The van der Waals surface area contributed by atoms with Gasteiger partial charge in [0.25, 0.3) is 5.91 Å². The maximum atomic E-state index is 13.1. The molecule has 2 fully saturated rings. The number of carbonyl (C=O) groups excluding carboxylic acids is 1. The van der Waals surface area contributed by atoms with Gasteiger partial charge in [-0.2, -0.15) is 15.0 Å². The van der Waals surface area contributed by atoms with E-state index in [4.69, 9.17) is 5.26 Å². The second-order valence-electron chi connectivity index (χ2n) is 9.28. The fourth-order valence-corrected chi connectivity index (χ4v) is 4.81. The van der Waals surface area contributed by atoms with Gasteiger partial charge in [0.05, 0.1) is 29.0 Å². The summed E-state index contributed by atoms with van der Waals surface area (Å²) in [7, 11) is 2.18. The van der Waals surface area contributed by atoms with E-state index in [2.05, 4.69) is 28.1 Å². The van der Waals surface area contributed by atoms with Crippen LogP contribution < -0.4 is 0 Å². The number of likely N-dealkylation sites (tertiary alicyclic amines) is 1. The Kier molecular flexibility index (Phi) is 5.80. The van der Waals surface area contributed by atoms with Crippen molar-refractivity contribution in [3.63, 3.8) is 0 Å². The summed E-state index contributed by atoms with van der Waals surface area (Å²) in [4.78, 5) is 21.9.